The van der Waals surface area contributed by atoms with Crippen molar-refractivity contribution in [1.29, 1.82) is 0 Å². The van der Waals surface area contributed by atoms with E-state index in [0.717, 1.165) is 18.7 Å². The Labute approximate surface area is 91.2 Å². The minimum absolute atomic E-state index is 0.261. The van der Waals surface area contributed by atoms with Crippen LogP contribution in [0.15, 0.2) is 0 Å². The van der Waals surface area contributed by atoms with Crippen LogP contribution in [0.3, 0.4) is 0 Å². The van der Waals surface area contributed by atoms with E-state index in [-0.39, 0.29) is 5.91 Å². The van der Waals surface area contributed by atoms with Crippen LogP contribution in [-0.2, 0) is 4.79 Å². The van der Waals surface area contributed by atoms with Crippen LogP contribution in [-0.4, -0.2) is 29.0 Å². The predicted octanol–water partition coefficient (Wildman–Crippen LogP) is 1.37. The van der Waals surface area contributed by atoms with Crippen LogP contribution >= 0.6 is 11.8 Å². The SMILES string of the molecule is CCNC(C)(CC(C)SCC)C(N)=O. The fourth-order valence-electron chi connectivity index (χ4n) is 1.57. The van der Waals surface area contributed by atoms with Gasteiger partial charge in [-0.2, -0.15) is 11.8 Å². The smallest absolute Gasteiger partial charge is 0.237 e. The fourth-order valence-corrected chi connectivity index (χ4v) is 2.59. The molecule has 0 saturated carbocycles. The van der Waals surface area contributed by atoms with Gasteiger partial charge in [0.05, 0.1) is 5.54 Å². The minimum atomic E-state index is -0.559. The topological polar surface area (TPSA) is 55.1 Å². The number of primary amides is 1. The van der Waals surface area contributed by atoms with Gasteiger partial charge in [-0.1, -0.05) is 20.8 Å². The Kier molecular flexibility index (Phi) is 6.20. The van der Waals surface area contributed by atoms with Crippen molar-refractivity contribution < 1.29 is 4.79 Å². The van der Waals surface area contributed by atoms with Crippen molar-refractivity contribution >= 4 is 17.7 Å². The number of amides is 1. The van der Waals surface area contributed by atoms with Crippen LogP contribution in [0.25, 0.3) is 0 Å². The molecular formula is C10H22N2OS. The molecule has 4 heteroatoms. The molecule has 3 nitrogen and oxygen atoms in total. The average Bonchev–Trinajstić information content (AvgIpc) is 2.04. The number of hydrogen-bond donors (Lipinski definition) is 2. The number of thioether (sulfide) groups is 1. The zero-order valence-corrected chi connectivity index (χ0v) is 10.4. The van der Waals surface area contributed by atoms with Gasteiger partial charge in [0.2, 0.25) is 5.91 Å². The monoisotopic (exact) mass is 218 g/mol. The summed E-state index contributed by atoms with van der Waals surface area (Å²) in [4.78, 5) is 11.3. The molecule has 14 heavy (non-hydrogen) atoms. The summed E-state index contributed by atoms with van der Waals surface area (Å²) < 4.78 is 0. The molecule has 0 aromatic carbocycles. The summed E-state index contributed by atoms with van der Waals surface area (Å²) >= 11 is 1.85. The van der Waals surface area contributed by atoms with Gasteiger partial charge < -0.3 is 11.1 Å². The molecule has 0 saturated heterocycles. The van der Waals surface area contributed by atoms with Crippen LogP contribution < -0.4 is 11.1 Å². The van der Waals surface area contributed by atoms with Crippen molar-refractivity contribution in [3.8, 4) is 0 Å². The zero-order chi connectivity index (χ0) is 11.2. The number of nitrogens with one attached hydrogen (secondary N) is 1. The summed E-state index contributed by atoms with van der Waals surface area (Å²) in [6, 6.07) is 0. The van der Waals surface area contributed by atoms with Gasteiger partial charge in [-0.05, 0) is 25.6 Å². The zero-order valence-electron chi connectivity index (χ0n) is 9.59. The molecular weight excluding hydrogens is 196 g/mol. The highest BCUT2D eigenvalue weighted by Crippen LogP contribution is 2.21. The van der Waals surface area contributed by atoms with Crippen molar-refractivity contribution in [1.82, 2.24) is 5.32 Å². The fraction of sp³-hybridized carbons (Fsp3) is 0.900. The Morgan fingerprint density at radius 2 is 2.14 bits per heavy atom. The number of likely N-dealkylation sites (N-methyl/N-ethyl adjacent to an activating group) is 1. The van der Waals surface area contributed by atoms with Gasteiger partial charge in [0.15, 0.2) is 0 Å². The second-order valence-electron chi connectivity index (χ2n) is 3.70. The molecule has 0 aliphatic heterocycles. The highest BCUT2D eigenvalue weighted by molar-refractivity contribution is 7.99. The van der Waals surface area contributed by atoms with Gasteiger partial charge in [-0.25, -0.2) is 0 Å². The predicted molar refractivity (Wildman–Crippen MR) is 63.5 cm³/mol. The molecule has 0 aliphatic carbocycles. The van der Waals surface area contributed by atoms with E-state index in [9.17, 15) is 4.79 Å². The lowest BCUT2D eigenvalue weighted by Gasteiger charge is -2.29. The molecule has 84 valence electrons. The average molecular weight is 218 g/mol. The number of hydrogen-bond acceptors (Lipinski definition) is 3. The first-order chi connectivity index (χ1) is 6.46. The third-order valence-electron chi connectivity index (χ3n) is 2.26. The summed E-state index contributed by atoms with van der Waals surface area (Å²) in [5, 5.41) is 3.62. The molecule has 0 radical (unpaired) electrons. The Balaban J connectivity index is 4.28. The molecule has 3 N–H and O–H groups in total. The Morgan fingerprint density at radius 3 is 2.50 bits per heavy atom. The van der Waals surface area contributed by atoms with Gasteiger partial charge in [-0.15, -0.1) is 0 Å². The minimum Gasteiger partial charge on any atom is -0.368 e. The quantitative estimate of drug-likeness (QED) is 0.678. The summed E-state index contributed by atoms with van der Waals surface area (Å²) in [7, 11) is 0. The van der Waals surface area contributed by atoms with E-state index in [4.69, 9.17) is 5.73 Å². The molecule has 0 aliphatic rings. The Morgan fingerprint density at radius 1 is 1.57 bits per heavy atom. The maximum Gasteiger partial charge on any atom is 0.237 e. The van der Waals surface area contributed by atoms with Gasteiger partial charge in [0.25, 0.3) is 0 Å². The molecule has 1 amide bonds. The lowest BCUT2D eigenvalue weighted by Crippen LogP contribution is -2.54. The van der Waals surface area contributed by atoms with Gasteiger partial charge in [-0.3, -0.25) is 4.79 Å². The van der Waals surface area contributed by atoms with E-state index in [2.05, 4.69) is 19.2 Å². The normalized spacial score (nSPS) is 17.4. The highest BCUT2D eigenvalue weighted by Gasteiger charge is 2.31. The third-order valence-corrected chi connectivity index (χ3v) is 3.33. The second kappa shape index (κ2) is 6.30. The third kappa shape index (κ3) is 4.33. The van der Waals surface area contributed by atoms with Gasteiger partial charge in [0, 0.05) is 5.25 Å². The van der Waals surface area contributed by atoms with Crippen molar-refractivity contribution in [2.75, 3.05) is 12.3 Å². The van der Waals surface area contributed by atoms with E-state index in [1.165, 1.54) is 0 Å². The van der Waals surface area contributed by atoms with Crippen LogP contribution in [0.2, 0.25) is 0 Å². The summed E-state index contributed by atoms with van der Waals surface area (Å²) in [5.41, 5.74) is 4.83. The van der Waals surface area contributed by atoms with E-state index in [1.54, 1.807) is 0 Å². The van der Waals surface area contributed by atoms with E-state index in [1.807, 2.05) is 25.6 Å². The van der Waals surface area contributed by atoms with E-state index < -0.39 is 5.54 Å². The first kappa shape index (κ1) is 13.8. The van der Waals surface area contributed by atoms with Crippen LogP contribution in [0.5, 0.6) is 0 Å². The van der Waals surface area contributed by atoms with Crippen molar-refractivity contribution in [3.05, 3.63) is 0 Å². The lowest BCUT2D eigenvalue weighted by atomic mass is 9.95. The highest BCUT2D eigenvalue weighted by atomic mass is 32.2. The summed E-state index contributed by atoms with van der Waals surface area (Å²) in [5.74, 6) is 0.810. The maximum atomic E-state index is 11.3. The second-order valence-corrected chi connectivity index (χ2v) is 5.41. The van der Waals surface area contributed by atoms with Crippen molar-refractivity contribution in [2.24, 2.45) is 5.73 Å². The van der Waals surface area contributed by atoms with Crippen molar-refractivity contribution in [2.45, 2.75) is 44.9 Å². The van der Waals surface area contributed by atoms with Gasteiger partial charge >= 0.3 is 0 Å². The van der Waals surface area contributed by atoms with Gasteiger partial charge in [0.1, 0.15) is 0 Å². The molecule has 0 aromatic rings. The lowest BCUT2D eigenvalue weighted by molar-refractivity contribution is -0.124. The number of carbonyl (C=O) groups is 1. The first-order valence-corrected chi connectivity index (χ1v) is 6.17. The molecule has 2 atom stereocenters. The Hall–Kier alpha value is -0.220. The number of nitrogens with two attached hydrogens (primary N) is 1. The summed E-state index contributed by atoms with van der Waals surface area (Å²) in [6.45, 7) is 8.88. The molecule has 2 unspecified atom stereocenters. The molecule has 0 spiro atoms. The number of rotatable bonds is 7. The molecule has 0 fully saturated rings. The van der Waals surface area contributed by atoms with E-state index >= 15 is 0 Å². The van der Waals surface area contributed by atoms with Crippen molar-refractivity contribution in [3.63, 3.8) is 0 Å². The van der Waals surface area contributed by atoms with Crippen LogP contribution in [0.4, 0.5) is 0 Å². The largest absolute Gasteiger partial charge is 0.368 e. The molecule has 0 rings (SSSR count). The summed E-state index contributed by atoms with van der Waals surface area (Å²) in [6.07, 6.45) is 0.786. The standard InChI is InChI=1S/C10H22N2OS/c1-5-12-10(4,9(11)13)7-8(3)14-6-2/h8,12H,5-7H2,1-4H3,(H2,11,13). The first-order valence-electron chi connectivity index (χ1n) is 5.12. The van der Waals surface area contributed by atoms with Crippen LogP contribution in [0, 0.1) is 0 Å². The molecule has 0 aromatic heterocycles. The van der Waals surface area contributed by atoms with E-state index in [0.29, 0.717) is 5.25 Å². The number of carbonyl (C=O) groups excluding carboxylic acids is 1. The molecule has 0 heterocycles. The molecule has 0 bridgehead atoms. The maximum absolute atomic E-state index is 11.3. The Bertz CT molecular complexity index is 187. The van der Waals surface area contributed by atoms with Crippen LogP contribution in [0.1, 0.15) is 34.1 Å².